The van der Waals surface area contributed by atoms with Gasteiger partial charge < -0.3 is 24.2 Å². The third kappa shape index (κ3) is 6.54. The summed E-state index contributed by atoms with van der Waals surface area (Å²) >= 11 is 0. The molecule has 0 aliphatic heterocycles. The third-order valence-corrected chi connectivity index (χ3v) is 4.46. The lowest BCUT2D eigenvalue weighted by Crippen LogP contribution is -2.39. The monoisotopic (exact) mass is 538 g/mol. The number of hydrogen-bond acceptors (Lipinski definition) is 7. The van der Waals surface area contributed by atoms with Crippen LogP contribution in [-0.2, 0) is 13.0 Å². The SMILES string of the molecule is CN=C(NCCc1noc(-c2ccccn2)n1)N(C)Cc1ccc(OC)cc1OC.I. The lowest BCUT2D eigenvalue weighted by Gasteiger charge is -2.23. The van der Waals surface area contributed by atoms with E-state index in [-0.39, 0.29) is 24.0 Å². The van der Waals surface area contributed by atoms with Gasteiger partial charge in [0.05, 0.1) is 14.2 Å². The van der Waals surface area contributed by atoms with Gasteiger partial charge in [0.1, 0.15) is 17.2 Å². The minimum absolute atomic E-state index is 0. The molecule has 0 saturated carbocycles. The topological polar surface area (TPSA) is 97.9 Å². The fraction of sp³-hybridized carbons (Fsp3) is 0.333. The van der Waals surface area contributed by atoms with Crippen molar-refractivity contribution in [3.63, 3.8) is 0 Å². The van der Waals surface area contributed by atoms with Crippen molar-refractivity contribution in [2.24, 2.45) is 4.99 Å². The molecular weight excluding hydrogens is 511 g/mol. The molecule has 0 amide bonds. The zero-order valence-corrected chi connectivity index (χ0v) is 20.4. The molecule has 0 radical (unpaired) electrons. The van der Waals surface area contributed by atoms with Crippen molar-refractivity contribution < 1.29 is 14.0 Å². The molecule has 0 spiro atoms. The number of methoxy groups -OCH3 is 2. The van der Waals surface area contributed by atoms with Crippen LogP contribution in [0.25, 0.3) is 11.6 Å². The van der Waals surface area contributed by atoms with Crippen LogP contribution in [0.2, 0.25) is 0 Å². The highest BCUT2D eigenvalue weighted by molar-refractivity contribution is 14.0. The van der Waals surface area contributed by atoms with Gasteiger partial charge in [0.2, 0.25) is 0 Å². The van der Waals surface area contributed by atoms with Gasteiger partial charge in [0.25, 0.3) is 5.89 Å². The Bertz CT molecular complexity index is 980. The first-order chi connectivity index (χ1) is 14.6. The summed E-state index contributed by atoms with van der Waals surface area (Å²) in [6, 6.07) is 11.3. The van der Waals surface area contributed by atoms with E-state index in [9.17, 15) is 0 Å². The van der Waals surface area contributed by atoms with E-state index >= 15 is 0 Å². The Labute approximate surface area is 198 Å². The van der Waals surface area contributed by atoms with E-state index in [0.717, 1.165) is 23.0 Å². The smallest absolute Gasteiger partial charge is 0.276 e. The fourth-order valence-electron chi connectivity index (χ4n) is 2.93. The molecule has 0 atom stereocenters. The first-order valence-corrected chi connectivity index (χ1v) is 9.51. The molecule has 166 valence electrons. The Balaban J connectivity index is 0.00000341. The Morgan fingerprint density at radius 1 is 1.19 bits per heavy atom. The molecule has 0 unspecified atom stereocenters. The average Bonchev–Trinajstić information content (AvgIpc) is 3.26. The van der Waals surface area contributed by atoms with Crippen molar-refractivity contribution >= 4 is 29.9 Å². The molecule has 0 fully saturated rings. The van der Waals surface area contributed by atoms with Crippen LogP contribution in [0.3, 0.4) is 0 Å². The van der Waals surface area contributed by atoms with Crippen LogP contribution in [-0.4, -0.2) is 60.8 Å². The van der Waals surface area contributed by atoms with Gasteiger partial charge in [-0.15, -0.1) is 24.0 Å². The quantitative estimate of drug-likeness (QED) is 0.266. The lowest BCUT2D eigenvalue weighted by atomic mass is 10.2. The van der Waals surface area contributed by atoms with Gasteiger partial charge in [-0.3, -0.25) is 9.98 Å². The summed E-state index contributed by atoms with van der Waals surface area (Å²) in [6.07, 6.45) is 2.29. The number of nitrogens with zero attached hydrogens (tertiary/aromatic N) is 5. The maximum atomic E-state index is 5.48. The third-order valence-electron chi connectivity index (χ3n) is 4.46. The van der Waals surface area contributed by atoms with Gasteiger partial charge in [0, 0.05) is 51.4 Å². The van der Waals surface area contributed by atoms with Crippen molar-refractivity contribution in [2.45, 2.75) is 13.0 Å². The standard InChI is InChI=1S/C21H26N6O3.HI/c1-22-21(27(2)14-15-8-9-16(28-3)13-18(15)29-4)24-12-10-19-25-20(30-26-19)17-7-5-6-11-23-17;/h5-9,11,13H,10,12,14H2,1-4H3,(H,22,24);1H. The minimum Gasteiger partial charge on any atom is -0.497 e. The first-order valence-electron chi connectivity index (χ1n) is 9.51. The van der Waals surface area contributed by atoms with E-state index in [4.69, 9.17) is 14.0 Å². The molecule has 1 N–H and O–H groups in total. The summed E-state index contributed by atoms with van der Waals surface area (Å²) < 4.78 is 16.0. The van der Waals surface area contributed by atoms with Gasteiger partial charge in [-0.25, -0.2) is 0 Å². The van der Waals surface area contributed by atoms with Crippen LogP contribution in [0, 0.1) is 0 Å². The zero-order valence-electron chi connectivity index (χ0n) is 18.0. The molecule has 0 bridgehead atoms. The number of hydrogen-bond donors (Lipinski definition) is 1. The predicted octanol–water partition coefficient (Wildman–Crippen LogP) is 3.02. The number of aromatic nitrogens is 3. The largest absolute Gasteiger partial charge is 0.497 e. The number of rotatable bonds is 8. The molecule has 3 rings (SSSR count). The van der Waals surface area contributed by atoms with E-state index in [1.807, 2.05) is 48.3 Å². The highest BCUT2D eigenvalue weighted by Gasteiger charge is 2.13. The van der Waals surface area contributed by atoms with E-state index in [0.29, 0.717) is 36.9 Å². The first kappa shape index (κ1) is 24.4. The molecule has 3 aromatic rings. The summed E-state index contributed by atoms with van der Waals surface area (Å²) in [5.74, 6) is 3.30. The fourth-order valence-corrected chi connectivity index (χ4v) is 2.93. The molecule has 9 nitrogen and oxygen atoms in total. The number of nitrogens with one attached hydrogen (secondary N) is 1. The van der Waals surface area contributed by atoms with E-state index in [2.05, 4.69) is 25.4 Å². The van der Waals surface area contributed by atoms with Crippen LogP contribution < -0.4 is 14.8 Å². The van der Waals surface area contributed by atoms with Crippen LogP contribution in [0.5, 0.6) is 11.5 Å². The second-order valence-corrected chi connectivity index (χ2v) is 6.49. The normalized spacial score (nSPS) is 10.9. The van der Waals surface area contributed by atoms with Crippen molar-refractivity contribution in [3.05, 3.63) is 54.0 Å². The van der Waals surface area contributed by atoms with Crippen LogP contribution in [0.1, 0.15) is 11.4 Å². The Kier molecular flexibility index (Phi) is 9.50. The van der Waals surface area contributed by atoms with Crippen molar-refractivity contribution in [2.75, 3.05) is 34.9 Å². The maximum absolute atomic E-state index is 5.48. The molecular formula is C21H27IN6O3. The number of halogens is 1. The second-order valence-electron chi connectivity index (χ2n) is 6.49. The second kappa shape index (κ2) is 12.1. The Morgan fingerprint density at radius 3 is 2.71 bits per heavy atom. The molecule has 0 aliphatic rings. The minimum atomic E-state index is 0. The number of pyridine rings is 1. The Hall–Kier alpha value is -2.89. The summed E-state index contributed by atoms with van der Waals surface area (Å²) in [6.45, 7) is 1.23. The number of aliphatic imine (C=N–C) groups is 1. The molecule has 2 heterocycles. The van der Waals surface area contributed by atoms with Gasteiger partial charge in [0.15, 0.2) is 11.8 Å². The zero-order chi connectivity index (χ0) is 21.3. The molecule has 2 aromatic heterocycles. The van der Waals surface area contributed by atoms with Crippen LogP contribution in [0.15, 0.2) is 52.1 Å². The summed E-state index contributed by atoms with van der Waals surface area (Å²) in [5, 5.41) is 7.34. The lowest BCUT2D eigenvalue weighted by molar-refractivity contribution is 0.382. The number of benzene rings is 1. The number of guanidine groups is 1. The van der Waals surface area contributed by atoms with Gasteiger partial charge in [-0.1, -0.05) is 11.2 Å². The Morgan fingerprint density at radius 2 is 2.03 bits per heavy atom. The van der Waals surface area contributed by atoms with Crippen LogP contribution >= 0.6 is 24.0 Å². The summed E-state index contributed by atoms with van der Waals surface area (Å²) in [5.41, 5.74) is 1.69. The summed E-state index contributed by atoms with van der Waals surface area (Å²) in [4.78, 5) is 15.0. The van der Waals surface area contributed by atoms with Crippen molar-refractivity contribution in [1.82, 2.24) is 25.3 Å². The van der Waals surface area contributed by atoms with Gasteiger partial charge >= 0.3 is 0 Å². The van der Waals surface area contributed by atoms with Crippen LogP contribution in [0.4, 0.5) is 0 Å². The van der Waals surface area contributed by atoms with Gasteiger partial charge in [-0.05, 0) is 24.3 Å². The van der Waals surface area contributed by atoms with Crippen molar-refractivity contribution in [1.29, 1.82) is 0 Å². The molecule has 31 heavy (non-hydrogen) atoms. The van der Waals surface area contributed by atoms with Crippen molar-refractivity contribution in [3.8, 4) is 23.1 Å². The predicted molar refractivity (Wildman–Crippen MR) is 129 cm³/mol. The average molecular weight is 538 g/mol. The van der Waals surface area contributed by atoms with E-state index < -0.39 is 0 Å². The molecule has 1 aromatic carbocycles. The molecule has 0 saturated heterocycles. The maximum Gasteiger partial charge on any atom is 0.276 e. The van der Waals surface area contributed by atoms with E-state index in [1.165, 1.54) is 0 Å². The highest BCUT2D eigenvalue weighted by Crippen LogP contribution is 2.25. The number of ether oxygens (including phenoxy) is 2. The molecule has 10 heteroatoms. The highest BCUT2D eigenvalue weighted by atomic mass is 127. The van der Waals surface area contributed by atoms with Gasteiger partial charge in [-0.2, -0.15) is 4.98 Å². The molecule has 0 aliphatic carbocycles. The van der Waals surface area contributed by atoms with E-state index in [1.54, 1.807) is 27.5 Å². The summed E-state index contributed by atoms with van der Waals surface area (Å²) in [7, 11) is 7.00.